The van der Waals surface area contributed by atoms with E-state index in [1.54, 1.807) is 24.3 Å². The molecule has 6 heteroatoms. The van der Waals surface area contributed by atoms with E-state index in [0.29, 0.717) is 40.9 Å². The van der Waals surface area contributed by atoms with Crippen molar-refractivity contribution in [3.8, 4) is 11.5 Å². The van der Waals surface area contributed by atoms with Gasteiger partial charge in [0.25, 0.3) is 5.91 Å². The molecule has 0 bridgehead atoms. The van der Waals surface area contributed by atoms with Crippen LogP contribution in [0.15, 0.2) is 54.2 Å². The largest absolute Gasteiger partial charge is 0.490 e. The van der Waals surface area contributed by atoms with Crippen LogP contribution >= 0.6 is 11.6 Å². The zero-order valence-electron chi connectivity index (χ0n) is 14.8. The Hall–Kier alpha value is -2.79. The summed E-state index contributed by atoms with van der Waals surface area (Å²) in [5.74, 6) is 0.685. The van der Waals surface area contributed by atoms with Gasteiger partial charge in [-0.05, 0) is 43.2 Å². The van der Waals surface area contributed by atoms with Crippen molar-refractivity contribution in [2.45, 2.75) is 13.8 Å². The lowest BCUT2D eigenvalue weighted by molar-refractivity contribution is 0.0954. The third-order valence-corrected chi connectivity index (χ3v) is 3.73. The smallest absolute Gasteiger partial charge is 0.271 e. The summed E-state index contributed by atoms with van der Waals surface area (Å²) in [7, 11) is 0. The Morgan fingerprint density at radius 2 is 2.08 bits per heavy atom. The van der Waals surface area contributed by atoms with E-state index in [0.717, 1.165) is 5.56 Å². The molecule has 2 rings (SSSR count). The number of hydrazone groups is 1. The van der Waals surface area contributed by atoms with Crippen LogP contribution < -0.4 is 14.9 Å². The lowest BCUT2D eigenvalue weighted by Gasteiger charge is -2.13. The molecule has 0 unspecified atom stereocenters. The highest BCUT2D eigenvalue weighted by atomic mass is 35.5. The van der Waals surface area contributed by atoms with Gasteiger partial charge in [0.2, 0.25) is 0 Å². The van der Waals surface area contributed by atoms with E-state index in [-0.39, 0.29) is 5.91 Å². The maximum Gasteiger partial charge on any atom is 0.271 e. The van der Waals surface area contributed by atoms with Crippen LogP contribution in [0.3, 0.4) is 0 Å². The maximum absolute atomic E-state index is 12.2. The van der Waals surface area contributed by atoms with Gasteiger partial charge in [-0.25, -0.2) is 5.43 Å². The van der Waals surface area contributed by atoms with E-state index in [2.05, 4.69) is 17.1 Å². The molecular weight excluding hydrogens is 352 g/mol. The molecule has 0 atom stereocenters. The van der Waals surface area contributed by atoms with Crippen molar-refractivity contribution in [1.82, 2.24) is 5.43 Å². The van der Waals surface area contributed by atoms with Crippen LogP contribution in [0.1, 0.15) is 28.4 Å². The Morgan fingerprint density at radius 3 is 2.77 bits per heavy atom. The number of hydrogen-bond acceptors (Lipinski definition) is 4. The molecule has 2 aromatic rings. The first-order valence-corrected chi connectivity index (χ1v) is 8.53. The minimum absolute atomic E-state index is 0.276. The van der Waals surface area contributed by atoms with Crippen molar-refractivity contribution in [2.24, 2.45) is 5.10 Å². The van der Waals surface area contributed by atoms with Gasteiger partial charge in [-0.3, -0.25) is 4.79 Å². The molecule has 1 N–H and O–H groups in total. The molecule has 0 radical (unpaired) electrons. The maximum atomic E-state index is 12.2. The lowest BCUT2D eigenvalue weighted by atomic mass is 10.1. The molecule has 5 nitrogen and oxygen atoms in total. The third kappa shape index (κ3) is 5.10. The molecule has 0 saturated heterocycles. The number of aryl methyl sites for hydroxylation is 1. The fraction of sp³-hybridized carbons (Fsp3) is 0.200. The summed E-state index contributed by atoms with van der Waals surface area (Å²) in [6.07, 6.45) is 3.13. The van der Waals surface area contributed by atoms with Crippen LogP contribution in [-0.4, -0.2) is 25.3 Å². The SMILES string of the molecule is C=CCOc1c(Cl)cc(/C=N\NC(=O)c2ccccc2C)cc1OCC. The Morgan fingerprint density at radius 1 is 1.31 bits per heavy atom. The number of hydrogen-bond donors (Lipinski definition) is 1. The Bertz CT molecular complexity index is 819. The van der Waals surface area contributed by atoms with Crippen molar-refractivity contribution in [3.63, 3.8) is 0 Å². The average Bonchev–Trinajstić information content (AvgIpc) is 2.61. The summed E-state index contributed by atoms with van der Waals surface area (Å²) in [6.45, 7) is 8.14. The first-order chi connectivity index (χ1) is 12.6. The van der Waals surface area contributed by atoms with Crippen LogP contribution in [-0.2, 0) is 0 Å². The van der Waals surface area contributed by atoms with Gasteiger partial charge in [-0.15, -0.1) is 0 Å². The number of carbonyl (C=O) groups is 1. The van der Waals surface area contributed by atoms with Gasteiger partial charge < -0.3 is 9.47 Å². The van der Waals surface area contributed by atoms with Crippen molar-refractivity contribution < 1.29 is 14.3 Å². The molecule has 0 aromatic heterocycles. The van der Waals surface area contributed by atoms with E-state index >= 15 is 0 Å². The van der Waals surface area contributed by atoms with Crippen LogP contribution in [0.5, 0.6) is 11.5 Å². The number of amides is 1. The summed E-state index contributed by atoms with van der Waals surface area (Å²) < 4.78 is 11.1. The number of rotatable bonds is 8. The summed E-state index contributed by atoms with van der Waals surface area (Å²) >= 11 is 6.28. The van der Waals surface area contributed by atoms with Gasteiger partial charge in [0, 0.05) is 5.56 Å². The van der Waals surface area contributed by atoms with Gasteiger partial charge in [0.15, 0.2) is 11.5 Å². The molecule has 0 spiro atoms. The summed E-state index contributed by atoms with van der Waals surface area (Å²) in [5, 5.41) is 4.39. The molecular formula is C20H21ClN2O3. The highest BCUT2D eigenvalue weighted by Crippen LogP contribution is 2.36. The average molecular weight is 373 g/mol. The van der Waals surface area contributed by atoms with E-state index in [4.69, 9.17) is 21.1 Å². The van der Waals surface area contributed by atoms with Crippen LogP contribution in [0.4, 0.5) is 0 Å². The van der Waals surface area contributed by atoms with Gasteiger partial charge >= 0.3 is 0 Å². The fourth-order valence-corrected chi connectivity index (χ4v) is 2.53. The minimum atomic E-state index is -0.276. The molecule has 0 aliphatic carbocycles. The highest BCUT2D eigenvalue weighted by Gasteiger charge is 2.12. The number of carbonyl (C=O) groups excluding carboxylic acids is 1. The predicted molar refractivity (Wildman–Crippen MR) is 105 cm³/mol. The Balaban J connectivity index is 2.15. The van der Waals surface area contributed by atoms with Crippen LogP contribution in [0, 0.1) is 6.92 Å². The van der Waals surface area contributed by atoms with E-state index in [1.807, 2.05) is 32.0 Å². The van der Waals surface area contributed by atoms with Gasteiger partial charge in [-0.2, -0.15) is 5.10 Å². The van der Waals surface area contributed by atoms with Gasteiger partial charge in [0.05, 0.1) is 17.8 Å². The number of benzene rings is 2. The number of halogens is 1. The second-order valence-electron chi connectivity index (χ2n) is 5.38. The summed E-state index contributed by atoms with van der Waals surface area (Å²) in [5.41, 5.74) is 4.64. The fourth-order valence-electron chi connectivity index (χ4n) is 2.26. The Labute approximate surface area is 158 Å². The molecule has 0 heterocycles. The zero-order valence-corrected chi connectivity index (χ0v) is 15.5. The number of nitrogens with zero attached hydrogens (tertiary/aromatic N) is 1. The third-order valence-electron chi connectivity index (χ3n) is 3.45. The Kier molecular flexibility index (Phi) is 7.24. The summed E-state index contributed by atoms with van der Waals surface area (Å²) in [4.78, 5) is 12.2. The van der Waals surface area contributed by atoms with Crippen molar-refractivity contribution in [3.05, 3.63) is 70.8 Å². The molecule has 0 fully saturated rings. The van der Waals surface area contributed by atoms with Gasteiger partial charge in [0.1, 0.15) is 6.61 Å². The molecule has 0 saturated carbocycles. The number of nitrogens with one attached hydrogen (secondary N) is 1. The normalized spacial score (nSPS) is 10.6. The first kappa shape index (κ1) is 19.5. The van der Waals surface area contributed by atoms with E-state index in [1.165, 1.54) is 6.21 Å². The van der Waals surface area contributed by atoms with Crippen molar-refractivity contribution in [2.75, 3.05) is 13.2 Å². The standard InChI is InChI=1S/C20H21ClN2O3/c1-4-10-26-19-17(21)11-15(12-18(19)25-5-2)13-22-23-20(24)16-9-7-6-8-14(16)3/h4,6-9,11-13H,1,5,10H2,2-3H3,(H,23,24)/b22-13-. The summed E-state index contributed by atoms with van der Waals surface area (Å²) in [6, 6.07) is 10.7. The molecule has 136 valence electrons. The zero-order chi connectivity index (χ0) is 18.9. The quantitative estimate of drug-likeness (QED) is 0.425. The molecule has 2 aromatic carbocycles. The topological polar surface area (TPSA) is 59.9 Å². The van der Waals surface area contributed by atoms with Crippen LogP contribution in [0.25, 0.3) is 0 Å². The lowest BCUT2D eigenvalue weighted by Crippen LogP contribution is -2.18. The van der Waals surface area contributed by atoms with E-state index in [9.17, 15) is 4.79 Å². The first-order valence-electron chi connectivity index (χ1n) is 8.15. The van der Waals surface area contributed by atoms with Gasteiger partial charge in [-0.1, -0.05) is 42.5 Å². The minimum Gasteiger partial charge on any atom is -0.490 e. The second-order valence-corrected chi connectivity index (χ2v) is 5.78. The highest BCUT2D eigenvalue weighted by molar-refractivity contribution is 6.32. The second kappa shape index (κ2) is 9.63. The van der Waals surface area contributed by atoms with Crippen LogP contribution in [0.2, 0.25) is 5.02 Å². The van der Waals surface area contributed by atoms with E-state index < -0.39 is 0 Å². The molecule has 1 amide bonds. The van der Waals surface area contributed by atoms with Crippen molar-refractivity contribution >= 4 is 23.7 Å². The molecule has 0 aliphatic heterocycles. The number of ether oxygens (including phenoxy) is 2. The monoisotopic (exact) mass is 372 g/mol. The predicted octanol–water partition coefficient (Wildman–Crippen LogP) is 4.38. The van der Waals surface area contributed by atoms with Crippen molar-refractivity contribution in [1.29, 1.82) is 0 Å². The molecule has 0 aliphatic rings. The molecule has 26 heavy (non-hydrogen) atoms.